The minimum absolute atomic E-state index is 0.162. The number of nitrogens with one attached hydrogen (secondary N) is 1. The van der Waals surface area contributed by atoms with E-state index < -0.39 is 11.6 Å². The van der Waals surface area contributed by atoms with Gasteiger partial charge >= 0.3 is 0 Å². The lowest BCUT2D eigenvalue weighted by Gasteiger charge is -2.26. The van der Waals surface area contributed by atoms with Crippen LogP contribution in [0.2, 0.25) is 0 Å². The van der Waals surface area contributed by atoms with Gasteiger partial charge in [-0.2, -0.15) is 0 Å². The Morgan fingerprint density at radius 3 is 2.61 bits per heavy atom. The Bertz CT molecular complexity index is 389. The average molecular weight is 254 g/mol. The van der Waals surface area contributed by atoms with Gasteiger partial charge in [0.15, 0.2) is 0 Å². The molecule has 2 unspecified atom stereocenters. The fourth-order valence-corrected chi connectivity index (χ4v) is 2.82. The maximum Gasteiger partial charge on any atom is 0.130 e. The molecule has 0 radical (unpaired) electrons. The first-order valence-electron chi connectivity index (χ1n) is 6.50. The van der Waals surface area contributed by atoms with E-state index in [9.17, 15) is 8.78 Å². The van der Waals surface area contributed by atoms with E-state index in [1.807, 2.05) is 18.9 Å². The van der Waals surface area contributed by atoms with Crippen molar-refractivity contribution in [2.45, 2.75) is 19.4 Å². The first-order valence-corrected chi connectivity index (χ1v) is 6.50. The van der Waals surface area contributed by atoms with Gasteiger partial charge < -0.3 is 5.32 Å². The number of likely N-dealkylation sites (tertiary alicyclic amines) is 1. The Labute approximate surface area is 107 Å². The van der Waals surface area contributed by atoms with E-state index in [1.54, 1.807) is 0 Å². The summed E-state index contributed by atoms with van der Waals surface area (Å²) in [5, 5.41) is 3.28. The van der Waals surface area contributed by atoms with E-state index in [-0.39, 0.29) is 17.5 Å². The average Bonchev–Trinajstić information content (AvgIpc) is 2.69. The van der Waals surface area contributed by atoms with Gasteiger partial charge in [0.1, 0.15) is 11.6 Å². The summed E-state index contributed by atoms with van der Waals surface area (Å²) in [7, 11) is 1.93. The molecular formula is C14H20F2N2. The third-order valence-corrected chi connectivity index (χ3v) is 3.73. The fourth-order valence-electron chi connectivity index (χ4n) is 2.82. The van der Waals surface area contributed by atoms with Gasteiger partial charge in [0, 0.05) is 11.6 Å². The molecule has 1 N–H and O–H groups in total. The van der Waals surface area contributed by atoms with Crippen molar-refractivity contribution in [1.29, 1.82) is 0 Å². The molecule has 1 fully saturated rings. The Balaban J connectivity index is 2.28. The van der Waals surface area contributed by atoms with Crippen LogP contribution in [0.4, 0.5) is 8.78 Å². The number of rotatable bonds is 4. The summed E-state index contributed by atoms with van der Waals surface area (Å²) in [5.74, 6) is -0.605. The smallest absolute Gasteiger partial charge is 0.130 e. The summed E-state index contributed by atoms with van der Waals surface area (Å²) in [6.07, 6.45) is 0.974. The lowest BCUT2D eigenvalue weighted by molar-refractivity contribution is 0.258. The minimum atomic E-state index is -0.435. The molecule has 1 aromatic rings. The van der Waals surface area contributed by atoms with Crippen molar-refractivity contribution in [3.63, 3.8) is 0 Å². The van der Waals surface area contributed by atoms with E-state index in [0.29, 0.717) is 0 Å². The lowest BCUT2D eigenvalue weighted by atomic mass is 9.93. The molecule has 18 heavy (non-hydrogen) atoms. The molecule has 1 saturated heterocycles. The topological polar surface area (TPSA) is 15.3 Å². The zero-order chi connectivity index (χ0) is 13.1. The van der Waals surface area contributed by atoms with Crippen LogP contribution in [0.3, 0.4) is 0 Å². The molecule has 1 heterocycles. The molecule has 1 aliphatic rings. The molecule has 0 bridgehead atoms. The van der Waals surface area contributed by atoms with Gasteiger partial charge in [0.2, 0.25) is 0 Å². The molecule has 0 spiro atoms. The fraction of sp³-hybridized carbons (Fsp3) is 0.571. The predicted octanol–water partition coefficient (Wildman–Crippen LogP) is 2.57. The van der Waals surface area contributed by atoms with Crippen LogP contribution in [0.5, 0.6) is 0 Å². The molecular weight excluding hydrogens is 234 g/mol. The quantitative estimate of drug-likeness (QED) is 0.888. The molecule has 100 valence electrons. The normalized spacial score (nSPS) is 24.7. The highest BCUT2D eigenvalue weighted by atomic mass is 19.1. The van der Waals surface area contributed by atoms with E-state index >= 15 is 0 Å². The Kier molecular flexibility index (Phi) is 4.30. The summed E-state index contributed by atoms with van der Waals surface area (Å²) in [6.45, 7) is 4.61. The third kappa shape index (κ3) is 2.54. The van der Waals surface area contributed by atoms with Crippen LogP contribution < -0.4 is 5.32 Å². The second kappa shape index (κ2) is 5.76. The number of benzene rings is 1. The highest BCUT2D eigenvalue weighted by Gasteiger charge is 2.35. The van der Waals surface area contributed by atoms with Crippen molar-refractivity contribution in [2.75, 3.05) is 26.7 Å². The van der Waals surface area contributed by atoms with Gasteiger partial charge in [0.05, 0.1) is 0 Å². The van der Waals surface area contributed by atoms with Crippen molar-refractivity contribution < 1.29 is 8.78 Å². The second-order valence-corrected chi connectivity index (χ2v) is 4.92. The van der Waals surface area contributed by atoms with Crippen LogP contribution in [0.15, 0.2) is 18.2 Å². The largest absolute Gasteiger partial charge is 0.317 e. The molecule has 0 amide bonds. The van der Waals surface area contributed by atoms with Crippen LogP contribution in [0.1, 0.15) is 24.9 Å². The molecule has 1 aromatic carbocycles. The molecule has 4 heteroatoms. The maximum absolute atomic E-state index is 13.9. The maximum atomic E-state index is 13.9. The van der Waals surface area contributed by atoms with Gasteiger partial charge in [-0.25, -0.2) is 8.78 Å². The Morgan fingerprint density at radius 1 is 1.33 bits per heavy atom. The van der Waals surface area contributed by atoms with Crippen molar-refractivity contribution in [2.24, 2.45) is 5.92 Å². The predicted molar refractivity (Wildman–Crippen MR) is 68.4 cm³/mol. The van der Waals surface area contributed by atoms with Crippen LogP contribution in [0.25, 0.3) is 0 Å². The first-order chi connectivity index (χ1) is 8.65. The second-order valence-electron chi connectivity index (χ2n) is 4.92. The SMILES string of the molecule is CCNCC1CCN(C)C1c1c(F)cccc1F. The lowest BCUT2D eigenvalue weighted by Crippen LogP contribution is -2.29. The standard InChI is InChI=1S/C14H20F2N2/c1-3-17-9-10-7-8-18(2)14(10)13-11(15)5-4-6-12(13)16/h4-6,10,14,17H,3,7-9H2,1-2H3. The van der Waals surface area contributed by atoms with E-state index in [2.05, 4.69) is 5.32 Å². The van der Waals surface area contributed by atoms with Crippen LogP contribution in [0, 0.1) is 17.6 Å². The van der Waals surface area contributed by atoms with Crippen molar-refractivity contribution in [1.82, 2.24) is 10.2 Å². The molecule has 1 aliphatic heterocycles. The van der Waals surface area contributed by atoms with Crippen molar-refractivity contribution >= 4 is 0 Å². The zero-order valence-electron chi connectivity index (χ0n) is 10.9. The summed E-state index contributed by atoms with van der Waals surface area (Å²) >= 11 is 0. The number of halogens is 2. The minimum Gasteiger partial charge on any atom is -0.317 e. The van der Waals surface area contributed by atoms with Crippen LogP contribution >= 0.6 is 0 Å². The Morgan fingerprint density at radius 2 is 2.00 bits per heavy atom. The van der Waals surface area contributed by atoms with Gasteiger partial charge in [-0.3, -0.25) is 4.90 Å². The zero-order valence-corrected chi connectivity index (χ0v) is 10.9. The van der Waals surface area contributed by atoms with Gasteiger partial charge in [0.25, 0.3) is 0 Å². The molecule has 0 aromatic heterocycles. The van der Waals surface area contributed by atoms with E-state index in [1.165, 1.54) is 18.2 Å². The highest BCUT2D eigenvalue weighted by Crippen LogP contribution is 2.38. The molecule has 0 saturated carbocycles. The number of hydrogen-bond acceptors (Lipinski definition) is 2. The summed E-state index contributed by atoms with van der Waals surface area (Å²) < 4.78 is 27.8. The number of hydrogen-bond donors (Lipinski definition) is 1. The molecule has 2 atom stereocenters. The monoisotopic (exact) mass is 254 g/mol. The summed E-state index contributed by atoms with van der Waals surface area (Å²) in [4.78, 5) is 2.05. The van der Waals surface area contributed by atoms with Crippen LogP contribution in [-0.2, 0) is 0 Å². The first kappa shape index (κ1) is 13.4. The highest BCUT2D eigenvalue weighted by molar-refractivity contribution is 5.25. The van der Waals surface area contributed by atoms with Crippen molar-refractivity contribution in [3.05, 3.63) is 35.4 Å². The third-order valence-electron chi connectivity index (χ3n) is 3.73. The van der Waals surface area contributed by atoms with E-state index in [0.717, 1.165) is 26.1 Å². The van der Waals surface area contributed by atoms with Gasteiger partial charge in [-0.1, -0.05) is 13.0 Å². The van der Waals surface area contributed by atoms with E-state index in [4.69, 9.17) is 0 Å². The summed E-state index contributed by atoms with van der Waals surface area (Å²) in [5.41, 5.74) is 0.223. The van der Waals surface area contributed by atoms with Crippen LogP contribution in [-0.4, -0.2) is 31.6 Å². The summed E-state index contributed by atoms with van der Waals surface area (Å²) in [6, 6.07) is 3.94. The molecule has 0 aliphatic carbocycles. The van der Waals surface area contributed by atoms with Crippen molar-refractivity contribution in [3.8, 4) is 0 Å². The molecule has 2 nitrogen and oxygen atoms in total. The number of nitrogens with zero attached hydrogens (tertiary/aromatic N) is 1. The Hall–Kier alpha value is -1.00. The molecule has 2 rings (SSSR count). The van der Waals surface area contributed by atoms with Gasteiger partial charge in [-0.15, -0.1) is 0 Å². The van der Waals surface area contributed by atoms with Gasteiger partial charge in [-0.05, 0) is 51.2 Å².